The van der Waals surface area contributed by atoms with Crippen LogP contribution in [0.25, 0.3) is 0 Å². The van der Waals surface area contributed by atoms with E-state index in [1.54, 1.807) is 0 Å². The van der Waals surface area contributed by atoms with Gasteiger partial charge in [-0.2, -0.15) is 5.26 Å². The molecule has 0 radical (unpaired) electrons. The number of rotatable bonds is 6. The Balaban J connectivity index is 1.41. The molecule has 0 bridgehead atoms. The van der Waals surface area contributed by atoms with Crippen molar-refractivity contribution in [3.63, 3.8) is 0 Å². The van der Waals surface area contributed by atoms with Gasteiger partial charge in [-0.1, -0.05) is 18.2 Å². The second kappa shape index (κ2) is 8.26. The first-order chi connectivity index (χ1) is 11.3. The number of benzene rings is 1. The molecule has 0 saturated carbocycles. The van der Waals surface area contributed by atoms with E-state index in [-0.39, 0.29) is 0 Å². The first-order valence-corrected chi connectivity index (χ1v) is 9.16. The number of nitrogens with zero attached hydrogens (tertiary/aromatic N) is 2. The van der Waals surface area contributed by atoms with Gasteiger partial charge in [-0.25, -0.2) is 0 Å². The van der Waals surface area contributed by atoms with Crippen molar-refractivity contribution in [3.8, 4) is 6.07 Å². The number of piperidine rings is 1. The van der Waals surface area contributed by atoms with E-state index in [2.05, 4.69) is 33.8 Å². The van der Waals surface area contributed by atoms with E-state index in [9.17, 15) is 0 Å². The molecule has 3 nitrogen and oxygen atoms in total. The van der Waals surface area contributed by atoms with Crippen molar-refractivity contribution in [1.29, 1.82) is 5.26 Å². The van der Waals surface area contributed by atoms with Gasteiger partial charge in [0.25, 0.3) is 0 Å². The van der Waals surface area contributed by atoms with Gasteiger partial charge in [-0.3, -0.25) is 4.90 Å². The van der Waals surface area contributed by atoms with Gasteiger partial charge < -0.3 is 5.32 Å². The van der Waals surface area contributed by atoms with Gasteiger partial charge in [0.2, 0.25) is 0 Å². The Kier molecular flexibility index (Phi) is 5.82. The van der Waals surface area contributed by atoms with Crippen LogP contribution in [-0.4, -0.2) is 24.5 Å². The maximum atomic E-state index is 8.82. The first kappa shape index (κ1) is 16.2. The summed E-state index contributed by atoms with van der Waals surface area (Å²) in [6.07, 6.45) is 2.62. The minimum Gasteiger partial charge on any atom is -0.312 e. The Labute approximate surface area is 142 Å². The molecule has 1 aliphatic heterocycles. The molecule has 0 aliphatic carbocycles. The number of hydrogen-bond acceptors (Lipinski definition) is 4. The third-order valence-electron chi connectivity index (χ3n) is 4.41. The van der Waals surface area contributed by atoms with Crippen LogP contribution in [0.3, 0.4) is 0 Å². The zero-order valence-corrected chi connectivity index (χ0v) is 14.2. The van der Waals surface area contributed by atoms with Crippen molar-refractivity contribution < 1.29 is 0 Å². The van der Waals surface area contributed by atoms with Crippen LogP contribution in [0.15, 0.2) is 41.8 Å². The molecule has 0 amide bonds. The predicted molar refractivity (Wildman–Crippen MR) is 95.2 cm³/mol. The van der Waals surface area contributed by atoms with Crippen molar-refractivity contribution in [3.05, 3.63) is 57.8 Å². The van der Waals surface area contributed by atoms with Crippen molar-refractivity contribution >= 4 is 11.3 Å². The summed E-state index contributed by atoms with van der Waals surface area (Å²) in [4.78, 5) is 4.06. The lowest BCUT2D eigenvalue weighted by atomic mass is 9.98. The van der Waals surface area contributed by atoms with Crippen molar-refractivity contribution in [1.82, 2.24) is 10.2 Å². The Morgan fingerprint density at radius 2 is 2.13 bits per heavy atom. The molecular formula is C19H23N3S. The molecule has 120 valence electrons. The quantitative estimate of drug-likeness (QED) is 0.881. The first-order valence-electron chi connectivity index (χ1n) is 8.28. The number of thiophene rings is 1. The summed E-state index contributed by atoms with van der Waals surface area (Å²) in [5, 5.41) is 14.6. The standard InChI is InChI=1S/C19H23N3S/c20-11-16-5-7-17(8-6-16)12-21-13-18-3-1-9-22(14-18)15-19-4-2-10-23-19/h2,4-8,10,18,21H,1,3,9,12-15H2. The van der Waals surface area contributed by atoms with Gasteiger partial charge in [-0.15, -0.1) is 11.3 Å². The monoisotopic (exact) mass is 325 g/mol. The molecule has 1 aliphatic rings. The molecule has 1 saturated heterocycles. The molecule has 4 heteroatoms. The molecule has 1 atom stereocenters. The fourth-order valence-corrected chi connectivity index (χ4v) is 3.95. The van der Waals surface area contributed by atoms with E-state index in [0.717, 1.165) is 31.1 Å². The van der Waals surface area contributed by atoms with Crippen LogP contribution >= 0.6 is 11.3 Å². The summed E-state index contributed by atoms with van der Waals surface area (Å²) in [5.41, 5.74) is 1.97. The minimum atomic E-state index is 0.727. The molecule has 1 aromatic carbocycles. The van der Waals surface area contributed by atoms with E-state index >= 15 is 0 Å². The third-order valence-corrected chi connectivity index (χ3v) is 5.27. The van der Waals surface area contributed by atoms with Crippen molar-refractivity contribution in [2.45, 2.75) is 25.9 Å². The van der Waals surface area contributed by atoms with Crippen molar-refractivity contribution in [2.75, 3.05) is 19.6 Å². The Hall–Kier alpha value is -1.67. The molecule has 1 N–H and O–H groups in total. The van der Waals surface area contributed by atoms with Crippen LogP contribution in [0.2, 0.25) is 0 Å². The fourth-order valence-electron chi connectivity index (χ4n) is 3.20. The average molecular weight is 325 g/mol. The van der Waals surface area contributed by atoms with Gasteiger partial charge in [0.1, 0.15) is 0 Å². The van der Waals surface area contributed by atoms with Crippen LogP contribution in [-0.2, 0) is 13.1 Å². The highest BCUT2D eigenvalue weighted by Gasteiger charge is 2.19. The van der Waals surface area contributed by atoms with Crippen LogP contribution in [0.5, 0.6) is 0 Å². The summed E-state index contributed by atoms with van der Waals surface area (Å²) in [6.45, 7) is 5.47. The Morgan fingerprint density at radius 3 is 2.87 bits per heavy atom. The minimum absolute atomic E-state index is 0.727. The lowest BCUT2D eigenvalue weighted by Crippen LogP contribution is -2.38. The molecule has 23 heavy (non-hydrogen) atoms. The molecule has 1 unspecified atom stereocenters. The second-order valence-corrected chi connectivity index (χ2v) is 7.29. The van der Waals surface area contributed by atoms with E-state index in [0.29, 0.717) is 0 Å². The topological polar surface area (TPSA) is 39.1 Å². The number of hydrogen-bond donors (Lipinski definition) is 1. The molecular weight excluding hydrogens is 302 g/mol. The zero-order valence-electron chi connectivity index (χ0n) is 13.4. The average Bonchev–Trinajstić information content (AvgIpc) is 3.09. The normalized spacial score (nSPS) is 18.7. The lowest BCUT2D eigenvalue weighted by Gasteiger charge is -2.32. The fraction of sp³-hybridized carbons (Fsp3) is 0.421. The van der Waals surface area contributed by atoms with E-state index < -0.39 is 0 Å². The van der Waals surface area contributed by atoms with Crippen LogP contribution < -0.4 is 5.32 Å². The second-order valence-electron chi connectivity index (χ2n) is 6.26. The van der Waals surface area contributed by atoms with E-state index in [1.807, 2.05) is 35.6 Å². The largest absolute Gasteiger partial charge is 0.312 e. The van der Waals surface area contributed by atoms with Gasteiger partial charge in [0.05, 0.1) is 11.6 Å². The van der Waals surface area contributed by atoms with Crippen LogP contribution in [0.1, 0.15) is 28.8 Å². The SMILES string of the molecule is N#Cc1ccc(CNCC2CCCN(Cc3cccs3)C2)cc1. The van der Waals surface area contributed by atoms with Crippen molar-refractivity contribution in [2.24, 2.45) is 5.92 Å². The number of likely N-dealkylation sites (tertiary alicyclic amines) is 1. The maximum absolute atomic E-state index is 8.82. The molecule has 1 aromatic heterocycles. The summed E-state index contributed by atoms with van der Waals surface area (Å²) < 4.78 is 0. The molecule has 1 fully saturated rings. The highest BCUT2D eigenvalue weighted by molar-refractivity contribution is 7.09. The Bertz CT molecular complexity index is 628. The Morgan fingerprint density at radius 1 is 1.26 bits per heavy atom. The van der Waals surface area contributed by atoms with E-state index in [1.165, 1.54) is 36.4 Å². The third kappa shape index (κ3) is 4.90. The summed E-state index contributed by atoms with van der Waals surface area (Å²) >= 11 is 1.86. The van der Waals surface area contributed by atoms with Crippen LogP contribution in [0.4, 0.5) is 0 Å². The summed E-state index contributed by atoms with van der Waals surface area (Å²) in [6, 6.07) is 14.4. The molecule has 2 heterocycles. The van der Waals surface area contributed by atoms with Gasteiger partial charge in [0.15, 0.2) is 0 Å². The van der Waals surface area contributed by atoms with Crippen LogP contribution in [0, 0.1) is 17.2 Å². The lowest BCUT2D eigenvalue weighted by molar-refractivity contribution is 0.166. The highest BCUT2D eigenvalue weighted by atomic mass is 32.1. The van der Waals surface area contributed by atoms with Gasteiger partial charge in [0, 0.05) is 24.5 Å². The highest BCUT2D eigenvalue weighted by Crippen LogP contribution is 2.20. The van der Waals surface area contributed by atoms with Gasteiger partial charge in [-0.05, 0) is 61.0 Å². The smallest absolute Gasteiger partial charge is 0.0991 e. The molecule has 0 spiro atoms. The molecule has 3 rings (SSSR count). The van der Waals surface area contributed by atoms with Gasteiger partial charge >= 0.3 is 0 Å². The van der Waals surface area contributed by atoms with E-state index in [4.69, 9.17) is 5.26 Å². The number of nitriles is 1. The number of nitrogens with one attached hydrogen (secondary N) is 1. The summed E-state index contributed by atoms with van der Waals surface area (Å²) in [5.74, 6) is 0.738. The predicted octanol–water partition coefficient (Wildman–Crippen LogP) is 3.62. The summed E-state index contributed by atoms with van der Waals surface area (Å²) in [7, 11) is 0. The zero-order chi connectivity index (χ0) is 15.9. The maximum Gasteiger partial charge on any atom is 0.0991 e. The molecule has 2 aromatic rings.